The fourth-order valence-corrected chi connectivity index (χ4v) is 2.85. The van der Waals surface area contributed by atoms with Gasteiger partial charge in [-0.25, -0.2) is 4.98 Å². The smallest absolute Gasteiger partial charge is 0.274 e. The molecule has 1 unspecified atom stereocenters. The Kier molecular flexibility index (Phi) is 3.97. The van der Waals surface area contributed by atoms with Crippen molar-refractivity contribution in [1.29, 1.82) is 0 Å². The number of hydrogen-bond donors (Lipinski definition) is 0. The molecule has 7 nitrogen and oxygen atoms in total. The van der Waals surface area contributed by atoms with Crippen molar-refractivity contribution in [3.63, 3.8) is 0 Å². The van der Waals surface area contributed by atoms with Crippen LogP contribution in [0, 0.1) is 6.92 Å². The highest BCUT2D eigenvalue weighted by Crippen LogP contribution is 2.18. The SMILES string of the molecule is Cc1ccc(OC2CCN(C(=O)c3cnc4ccccc4n3)C2)nn1. The maximum absolute atomic E-state index is 12.7. The molecule has 3 aromatic rings. The van der Waals surface area contributed by atoms with Crippen molar-refractivity contribution < 1.29 is 9.53 Å². The first kappa shape index (κ1) is 15.4. The molecule has 1 aliphatic rings. The van der Waals surface area contributed by atoms with Gasteiger partial charge in [-0.05, 0) is 25.1 Å². The number of carbonyl (C=O) groups is 1. The third-order valence-corrected chi connectivity index (χ3v) is 4.16. The first-order chi connectivity index (χ1) is 12.2. The van der Waals surface area contributed by atoms with E-state index in [-0.39, 0.29) is 12.0 Å². The molecule has 0 saturated carbocycles. The fourth-order valence-electron chi connectivity index (χ4n) is 2.85. The quantitative estimate of drug-likeness (QED) is 0.728. The molecule has 25 heavy (non-hydrogen) atoms. The van der Waals surface area contributed by atoms with Gasteiger partial charge in [0, 0.05) is 19.0 Å². The molecule has 0 aliphatic carbocycles. The Bertz CT molecular complexity index is 913. The zero-order valence-electron chi connectivity index (χ0n) is 13.8. The Labute approximate surface area is 144 Å². The molecule has 1 atom stereocenters. The number of benzene rings is 1. The van der Waals surface area contributed by atoms with Crippen LogP contribution in [0.1, 0.15) is 22.6 Å². The van der Waals surface area contributed by atoms with Gasteiger partial charge in [0.25, 0.3) is 5.91 Å². The zero-order valence-corrected chi connectivity index (χ0v) is 13.8. The predicted octanol–water partition coefficient (Wildman–Crippen LogP) is 2.02. The van der Waals surface area contributed by atoms with Gasteiger partial charge in [-0.2, -0.15) is 5.10 Å². The van der Waals surface area contributed by atoms with Crippen LogP contribution in [-0.2, 0) is 0 Å². The third kappa shape index (κ3) is 3.26. The largest absolute Gasteiger partial charge is 0.471 e. The van der Waals surface area contributed by atoms with Crippen molar-refractivity contribution in [1.82, 2.24) is 25.1 Å². The van der Waals surface area contributed by atoms with Crippen molar-refractivity contribution in [3.8, 4) is 5.88 Å². The van der Waals surface area contributed by atoms with Crippen LogP contribution < -0.4 is 4.74 Å². The van der Waals surface area contributed by atoms with E-state index in [1.165, 1.54) is 6.20 Å². The minimum Gasteiger partial charge on any atom is -0.471 e. The van der Waals surface area contributed by atoms with Gasteiger partial charge in [0.15, 0.2) is 0 Å². The summed E-state index contributed by atoms with van der Waals surface area (Å²) in [5, 5.41) is 7.98. The van der Waals surface area contributed by atoms with Crippen LogP contribution in [0.3, 0.4) is 0 Å². The monoisotopic (exact) mass is 335 g/mol. The molecule has 1 fully saturated rings. The average molecular weight is 335 g/mol. The summed E-state index contributed by atoms with van der Waals surface area (Å²) >= 11 is 0. The highest BCUT2D eigenvalue weighted by atomic mass is 16.5. The number of fused-ring (bicyclic) bond motifs is 1. The summed E-state index contributed by atoms with van der Waals surface area (Å²) in [5.41, 5.74) is 2.69. The number of hydrogen-bond acceptors (Lipinski definition) is 6. The Morgan fingerprint density at radius 1 is 1.16 bits per heavy atom. The maximum Gasteiger partial charge on any atom is 0.274 e. The van der Waals surface area contributed by atoms with Crippen LogP contribution in [0.15, 0.2) is 42.6 Å². The lowest BCUT2D eigenvalue weighted by molar-refractivity contribution is 0.0765. The first-order valence-electron chi connectivity index (χ1n) is 8.17. The Balaban J connectivity index is 1.45. The normalized spacial score (nSPS) is 17.0. The van der Waals surface area contributed by atoms with Gasteiger partial charge in [-0.1, -0.05) is 12.1 Å². The molecular formula is C18H17N5O2. The molecule has 2 aromatic heterocycles. The van der Waals surface area contributed by atoms with E-state index in [9.17, 15) is 4.79 Å². The molecule has 126 valence electrons. The van der Waals surface area contributed by atoms with Crippen molar-refractivity contribution in [2.75, 3.05) is 13.1 Å². The maximum atomic E-state index is 12.7. The second-order valence-corrected chi connectivity index (χ2v) is 6.04. The third-order valence-electron chi connectivity index (χ3n) is 4.16. The van der Waals surface area contributed by atoms with E-state index >= 15 is 0 Å². The minimum atomic E-state index is -0.126. The summed E-state index contributed by atoms with van der Waals surface area (Å²) in [6, 6.07) is 11.2. The highest BCUT2D eigenvalue weighted by molar-refractivity contribution is 5.94. The van der Waals surface area contributed by atoms with E-state index in [2.05, 4.69) is 20.2 Å². The Morgan fingerprint density at radius 3 is 2.80 bits per heavy atom. The van der Waals surface area contributed by atoms with Gasteiger partial charge in [-0.3, -0.25) is 9.78 Å². The van der Waals surface area contributed by atoms with E-state index in [0.717, 1.165) is 23.1 Å². The number of para-hydroxylation sites is 2. The second kappa shape index (κ2) is 6.43. The molecule has 0 spiro atoms. The van der Waals surface area contributed by atoms with Gasteiger partial charge in [-0.15, -0.1) is 5.10 Å². The summed E-state index contributed by atoms with van der Waals surface area (Å²) in [4.78, 5) is 23.1. The molecule has 1 saturated heterocycles. The number of ether oxygens (including phenoxy) is 1. The van der Waals surface area contributed by atoms with E-state index in [0.29, 0.717) is 24.7 Å². The lowest BCUT2D eigenvalue weighted by Gasteiger charge is -2.16. The average Bonchev–Trinajstić information content (AvgIpc) is 3.11. The molecule has 1 aliphatic heterocycles. The molecule has 0 N–H and O–H groups in total. The molecule has 0 bridgehead atoms. The van der Waals surface area contributed by atoms with Crippen LogP contribution in [-0.4, -0.2) is 50.2 Å². The van der Waals surface area contributed by atoms with Crippen molar-refractivity contribution in [3.05, 3.63) is 54.0 Å². The molecule has 1 amide bonds. The number of likely N-dealkylation sites (tertiary alicyclic amines) is 1. The summed E-state index contributed by atoms with van der Waals surface area (Å²) in [5.74, 6) is 0.356. The summed E-state index contributed by atoms with van der Waals surface area (Å²) in [6.45, 7) is 3.00. The first-order valence-corrected chi connectivity index (χ1v) is 8.17. The lowest BCUT2D eigenvalue weighted by atomic mass is 10.3. The van der Waals surface area contributed by atoms with Gasteiger partial charge in [0.2, 0.25) is 5.88 Å². The van der Waals surface area contributed by atoms with Crippen LogP contribution in [0.5, 0.6) is 5.88 Å². The molecule has 7 heteroatoms. The van der Waals surface area contributed by atoms with Crippen LogP contribution in [0.4, 0.5) is 0 Å². The Morgan fingerprint density at radius 2 is 2.00 bits per heavy atom. The second-order valence-electron chi connectivity index (χ2n) is 6.04. The standard InChI is InChI=1S/C18H17N5O2/c1-12-6-7-17(22-21-12)25-13-8-9-23(11-13)18(24)16-10-19-14-4-2-3-5-15(14)20-16/h2-7,10,13H,8-9,11H2,1H3. The summed E-state index contributed by atoms with van der Waals surface area (Å²) in [7, 11) is 0. The number of aromatic nitrogens is 4. The van der Waals surface area contributed by atoms with Gasteiger partial charge in [0.05, 0.1) is 29.5 Å². The van der Waals surface area contributed by atoms with Gasteiger partial charge < -0.3 is 9.64 Å². The van der Waals surface area contributed by atoms with Crippen molar-refractivity contribution >= 4 is 16.9 Å². The molecule has 1 aromatic carbocycles. The molecule has 0 radical (unpaired) electrons. The van der Waals surface area contributed by atoms with Gasteiger partial charge >= 0.3 is 0 Å². The highest BCUT2D eigenvalue weighted by Gasteiger charge is 2.29. The van der Waals surface area contributed by atoms with E-state index in [1.807, 2.05) is 37.3 Å². The number of rotatable bonds is 3. The molecule has 4 rings (SSSR count). The lowest BCUT2D eigenvalue weighted by Crippen LogP contribution is -2.31. The van der Waals surface area contributed by atoms with E-state index in [4.69, 9.17) is 4.74 Å². The van der Waals surface area contributed by atoms with Crippen molar-refractivity contribution in [2.45, 2.75) is 19.4 Å². The molecular weight excluding hydrogens is 318 g/mol. The summed E-state index contributed by atoms with van der Waals surface area (Å²) in [6.07, 6.45) is 2.20. The topological polar surface area (TPSA) is 81.1 Å². The summed E-state index contributed by atoms with van der Waals surface area (Å²) < 4.78 is 5.81. The van der Waals surface area contributed by atoms with E-state index < -0.39 is 0 Å². The predicted molar refractivity (Wildman–Crippen MR) is 91.2 cm³/mol. The van der Waals surface area contributed by atoms with Crippen LogP contribution in [0.25, 0.3) is 11.0 Å². The fraction of sp³-hybridized carbons (Fsp3) is 0.278. The van der Waals surface area contributed by atoms with E-state index in [1.54, 1.807) is 11.0 Å². The zero-order chi connectivity index (χ0) is 17.2. The number of carbonyl (C=O) groups excluding carboxylic acids is 1. The minimum absolute atomic E-state index is 0.0885. The van der Waals surface area contributed by atoms with Gasteiger partial charge in [0.1, 0.15) is 11.8 Å². The molecule has 3 heterocycles. The van der Waals surface area contributed by atoms with Crippen LogP contribution in [0.2, 0.25) is 0 Å². The van der Waals surface area contributed by atoms with Crippen LogP contribution >= 0.6 is 0 Å². The Hall–Kier alpha value is -3.09. The number of aryl methyl sites for hydroxylation is 1. The number of amides is 1. The number of nitrogens with zero attached hydrogens (tertiary/aromatic N) is 5. The van der Waals surface area contributed by atoms with Crippen molar-refractivity contribution in [2.24, 2.45) is 0 Å².